The standard InChI is InChI=1S/C11H16ClNO2S2/c1-2-9-3-4-13(7-9)17(14,15)11-5-10(6-12)16-8-11/h5,8-9H,2-4,6-7H2,1H3. The van der Waals surface area contributed by atoms with E-state index in [1.54, 1.807) is 15.8 Å². The van der Waals surface area contributed by atoms with Crippen LogP contribution in [0.25, 0.3) is 0 Å². The summed E-state index contributed by atoms with van der Waals surface area (Å²) in [6.45, 7) is 3.41. The quantitative estimate of drug-likeness (QED) is 0.801. The van der Waals surface area contributed by atoms with Gasteiger partial charge in [-0.15, -0.1) is 22.9 Å². The van der Waals surface area contributed by atoms with E-state index < -0.39 is 10.0 Å². The fraction of sp³-hybridized carbons (Fsp3) is 0.636. The van der Waals surface area contributed by atoms with Crippen LogP contribution < -0.4 is 0 Å². The monoisotopic (exact) mass is 293 g/mol. The number of hydrogen-bond acceptors (Lipinski definition) is 3. The third-order valence-electron chi connectivity index (χ3n) is 3.23. The average Bonchev–Trinajstić information content (AvgIpc) is 2.98. The minimum atomic E-state index is -3.29. The second-order valence-corrected chi connectivity index (χ2v) is 7.51. The van der Waals surface area contributed by atoms with Crippen LogP contribution in [-0.4, -0.2) is 25.8 Å². The second-order valence-electron chi connectivity index (χ2n) is 4.31. The fourth-order valence-corrected chi connectivity index (χ4v) is 4.97. The van der Waals surface area contributed by atoms with Gasteiger partial charge in [0.05, 0.1) is 10.8 Å². The van der Waals surface area contributed by atoms with E-state index >= 15 is 0 Å². The number of alkyl halides is 1. The Morgan fingerprint density at radius 3 is 2.88 bits per heavy atom. The maximum absolute atomic E-state index is 12.3. The summed E-state index contributed by atoms with van der Waals surface area (Å²) in [5.74, 6) is 0.883. The van der Waals surface area contributed by atoms with Crippen molar-refractivity contribution >= 4 is 33.0 Å². The molecule has 1 unspecified atom stereocenters. The summed E-state index contributed by atoms with van der Waals surface area (Å²) in [4.78, 5) is 1.30. The van der Waals surface area contributed by atoms with Crippen molar-refractivity contribution in [1.29, 1.82) is 0 Å². The highest BCUT2D eigenvalue weighted by molar-refractivity contribution is 7.89. The Bertz CT molecular complexity index is 483. The fourth-order valence-electron chi connectivity index (χ4n) is 2.06. The Hall–Kier alpha value is -0.100. The van der Waals surface area contributed by atoms with E-state index in [2.05, 4.69) is 6.92 Å². The minimum absolute atomic E-state index is 0.373. The van der Waals surface area contributed by atoms with Crippen LogP contribution in [-0.2, 0) is 15.9 Å². The number of nitrogens with zero attached hydrogens (tertiary/aromatic N) is 1. The van der Waals surface area contributed by atoms with Gasteiger partial charge in [-0.25, -0.2) is 8.42 Å². The van der Waals surface area contributed by atoms with Gasteiger partial charge in [0.1, 0.15) is 0 Å². The summed E-state index contributed by atoms with van der Waals surface area (Å²) >= 11 is 7.10. The molecule has 0 aromatic carbocycles. The molecule has 1 saturated heterocycles. The molecule has 0 aliphatic carbocycles. The van der Waals surface area contributed by atoms with E-state index in [-0.39, 0.29) is 0 Å². The molecule has 1 aromatic heterocycles. The van der Waals surface area contributed by atoms with Gasteiger partial charge in [-0.2, -0.15) is 4.31 Å². The lowest BCUT2D eigenvalue weighted by molar-refractivity contribution is 0.453. The van der Waals surface area contributed by atoms with Gasteiger partial charge in [0, 0.05) is 23.3 Å². The molecule has 2 heterocycles. The lowest BCUT2D eigenvalue weighted by Crippen LogP contribution is -2.28. The van der Waals surface area contributed by atoms with Crippen molar-refractivity contribution in [2.75, 3.05) is 13.1 Å². The molecule has 0 radical (unpaired) electrons. The van der Waals surface area contributed by atoms with Crippen LogP contribution in [0.3, 0.4) is 0 Å². The summed E-state index contributed by atoms with van der Waals surface area (Å²) in [6, 6.07) is 1.69. The maximum atomic E-state index is 12.3. The smallest absolute Gasteiger partial charge is 0.207 e. The molecule has 2 rings (SSSR count). The van der Waals surface area contributed by atoms with Crippen molar-refractivity contribution in [2.24, 2.45) is 5.92 Å². The number of rotatable bonds is 4. The molecule has 0 bridgehead atoms. The first-order chi connectivity index (χ1) is 8.07. The lowest BCUT2D eigenvalue weighted by atomic mass is 10.1. The third-order valence-corrected chi connectivity index (χ3v) is 6.60. The summed E-state index contributed by atoms with van der Waals surface area (Å²) in [6.07, 6.45) is 2.02. The molecule has 1 aromatic rings. The molecule has 1 atom stereocenters. The van der Waals surface area contributed by atoms with Gasteiger partial charge in [0.2, 0.25) is 10.0 Å². The zero-order valence-corrected chi connectivity index (χ0v) is 12.1. The Kier molecular flexibility index (Phi) is 4.13. The van der Waals surface area contributed by atoms with Crippen molar-refractivity contribution < 1.29 is 8.42 Å². The van der Waals surface area contributed by atoms with Crippen LogP contribution in [0.2, 0.25) is 0 Å². The largest absolute Gasteiger partial charge is 0.243 e. The van der Waals surface area contributed by atoms with E-state index in [9.17, 15) is 8.42 Å². The predicted molar refractivity (Wildman–Crippen MR) is 71.0 cm³/mol. The van der Waals surface area contributed by atoms with Gasteiger partial charge < -0.3 is 0 Å². The lowest BCUT2D eigenvalue weighted by Gasteiger charge is -2.15. The number of hydrogen-bond donors (Lipinski definition) is 0. The van der Waals surface area contributed by atoms with Crippen molar-refractivity contribution in [3.63, 3.8) is 0 Å². The summed E-state index contributed by atoms with van der Waals surface area (Å²) in [5, 5.41) is 1.69. The van der Waals surface area contributed by atoms with Crippen LogP contribution >= 0.6 is 22.9 Å². The number of halogens is 1. The predicted octanol–water partition coefficient (Wildman–Crippen LogP) is 2.91. The van der Waals surface area contributed by atoms with Gasteiger partial charge in [-0.05, 0) is 18.4 Å². The van der Waals surface area contributed by atoms with Gasteiger partial charge in [-0.1, -0.05) is 13.3 Å². The molecule has 0 amide bonds. The van der Waals surface area contributed by atoms with Crippen LogP contribution in [0, 0.1) is 5.92 Å². The van der Waals surface area contributed by atoms with Gasteiger partial charge in [0.15, 0.2) is 0 Å². The average molecular weight is 294 g/mol. The topological polar surface area (TPSA) is 37.4 Å². The van der Waals surface area contributed by atoms with E-state index in [0.29, 0.717) is 29.8 Å². The van der Waals surface area contributed by atoms with Crippen LogP contribution in [0.5, 0.6) is 0 Å². The van der Waals surface area contributed by atoms with E-state index in [1.807, 2.05) is 0 Å². The van der Waals surface area contributed by atoms with Gasteiger partial charge >= 0.3 is 0 Å². The normalized spacial score (nSPS) is 22.1. The Labute approximate surface area is 111 Å². The highest BCUT2D eigenvalue weighted by Crippen LogP contribution is 2.28. The molecular weight excluding hydrogens is 278 g/mol. The zero-order chi connectivity index (χ0) is 12.5. The van der Waals surface area contributed by atoms with Gasteiger partial charge in [0.25, 0.3) is 0 Å². The van der Waals surface area contributed by atoms with Crippen LogP contribution in [0.15, 0.2) is 16.3 Å². The SMILES string of the molecule is CCC1CCN(S(=O)(=O)c2csc(CCl)c2)C1. The van der Waals surface area contributed by atoms with Crippen LogP contribution in [0.4, 0.5) is 0 Å². The minimum Gasteiger partial charge on any atom is -0.207 e. The molecule has 3 nitrogen and oxygen atoms in total. The summed E-state index contributed by atoms with van der Waals surface area (Å²) in [5.41, 5.74) is 0. The van der Waals surface area contributed by atoms with Crippen molar-refractivity contribution in [1.82, 2.24) is 4.31 Å². The molecule has 17 heavy (non-hydrogen) atoms. The first-order valence-electron chi connectivity index (χ1n) is 5.71. The Balaban J connectivity index is 2.19. The molecule has 0 spiro atoms. The molecular formula is C11H16ClNO2S2. The second kappa shape index (κ2) is 5.26. The Morgan fingerprint density at radius 1 is 1.59 bits per heavy atom. The van der Waals surface area contributed by atoms with Gasteiger partial charge in [-0.3, -0.25) is 0 Å². The van der Waals surface area contributed by atoms with E-state index in [4.69, 9.17) is 11.6 Å². The zero-order valence-electron chi connectivity index (χ0n) is 9.73. The molecule has 6 heteroatoms. The van der Waals surface area contributed by atoms with Crippen LogP contribution in [0.1, 0.15) is 24.6 Å². The first kappa shape index (κ1) is 13.3. The molecule has 1 aliphatic heterocycles. The molecule has 1 fully saturated rings. The number of sulfonamides is 1. The summed E-state index contributed by atoms with van der Waals surface area (Å²) < 4.78 is 26.2. The molecule has 1 aliphatic rings. The Morgan fingerprint density at radius 2 is 2.35 bits per heavy atom. The highest BCUT2D eigenvalue weighted by atomic mass is 35.5. The molecule has 96 valence electrons. The van der Waals surface area contributed by atoms with E-state index in [1.165, 1.54) is 11.3 Å². The van der Waals surface area contributed by atoms with Crippen molar-refractivity contribution in [3.05, 3.63) is 16.3 Å². The summed E-state index contributed by atoms with van der Waals surface area (Å²) in [7, 11) is -3.29. The van der Waals surface area contributed by atoms with Crippen molar-refractivity contribution in [2.45, 2.75) is 30.5 Å². The van der Waals surface area contributed by atoms with E-state index in [0.717, 1.165) is 17.7 Å². The highest BCUT2D eigenvalue weighted by Gasteiger charge is 2.32. The number of thiophene rings is 1. The first-order valence-corrected chi connectivity index (χ1v) is 8.57. The molecule has 0 N–H and O–H groups in total. The third kappa shape index (κ3) is 2.67. The maximum Gasteiger partial charge on any atom is 0.243 e. The molecule has 0 saturated carbocycles. The van der Waals surface area contributed by atoms with Crippen molar-refractivity contribution in [3.8, 4) is 0 Å².